The van der Waals surface area contributed by atoms with E-state index in [-0.39, 0.29) is 18.6 Å². The average Bonchev–Trinajstić information content (AvgIpc) is 3.62. The van der Waals surface area contributed by atoms with Gasteiger partial charge in [-0.25, -0.2) is 0 Å². The molecule has 246 valence electrons. The van der Waals surface area contributed by atoms with Crippen molar-refractivity contribution < 1.29 is 15.1 Å². The Balaban J connectivity index is 1.18. The number of hydrogen-bond acceptors (Lipinski definition) is 7. The monoisotopic (exact) mass is 617 g/mol. The van der Waals surface area contributed by atoms with E-state index in [4.69, 9.17) is 9.83 Å². The SMILES string of the molecule is C[C@@H]1[C@@H](N=C2N[C@]23[C@H]([C@H](C)O)[C@H](CO)ON3Cc2cccc(CN(CCc3ccccc3)CCN(C)C)c2)C[C@H]2C[C@@H]1C2(C)C. The van der Waals surface area contributed by atoms with Gasteiger partial charge in [0.25, 0.3) is 0 Å². The molecule has 7 rings (SSSR count). The fourth-order valence-corrected chi connectivity index (χ4v) is 8.67. The molecular formula is C37H55N5O3. The van der Waals surface area contributed by atoms with Crippen LogP contribution in [0, 0.1) is 29.1 Å². The van der Waals surface area contributed by atoms with E-state index >= 15 is 0 Å². The fraction of sp³-hybridized carbons (Fsp3) is 0.649. The fourth-order valence-electron chi connectivity index (χ4n) is 8.67. The molecule has 5 aliphatic rings. The van der Waals surface area contributed by atoms with E-state index < -0.39 is 17.9 Å². The van der Waals surface area contributed by atoms with Crippen molar-refractivity contribution in [3.63, 3.8) is 0 Å². The highest BCUT2D eigenvalue weighted by Gasteiger charge is 2.70. The number of hydrogen-bond donors (Lipinski definition) is 3. The number of rotatable bonds is 13. The summed E-state index contributed by atoms with van der Waals surface area (Å²) < 4.78 is 0. The lowest BCUT2D eigenvalue weighted by atomic mass is 9.45. The number of benzene rings is 2. The first-order chi connectivity index (χ1) is 21.5. The standard InChI is InChI=1S/C37H55N5O3/c1-25-31-20-30(36(31,3)4)21-32(25)38-35-37(39-35)34(26(2)44)33(24-43)45-42(37)23-29-14-10-13-28(19-29)22-41(18-17-40(5)6)16-15-27-11-8-7-9-12-27/h7-14,19,25-26,30-34,43-44H,15-18,20-24H2,1-6H3,(H,38,39)/t25-,26-,30+,31-,32-,33-,34+,37-/m0/s1. The van der Waals surface area contributed by atoms with Crippen molar-refractivity contribution in [3.8, 4) is 0 Å². The van der Waals surface area contributed by atoms with Crippen molar-refractivity contribution in [1.29, 1.82) is 0 Å². The molecule has 0 amide bonds. The molecule has 5 fully saturated rings. The summed E-state index contributed by atoms with van der Waals surface area (Å²) in [6, 6.07) is 19.8. The van der Waals surface area contributed by atoms with E-state index in [1.54, 1.807) is 6.92 Å². The number of aliphatic hydroxyl groups excluding tert-OH is 2. The van der Waals surface area contributed by atoms with Gasteiger partial charge in [-0.2, -0.15) is 5.06 Å². The van der Waals surface area contributed by atoms with Crippen molar-refractivity contribution in [3.05, 3.63) is 71.3 Å². The average molecular weight is 618 g/mol. The Morgan fingerprint density at radius 1 is 1.02 bits per heavy atom. The summed E-state index contributed by atoms with van der Waals surface area (Å²) >= 11 is 0. The smallest absolute Gasteiger partial charge is 0.181 e. The van der Waals surface area contributed by atoms with Crippen molar-refractivity contribution in [1.82, 2.24) is 20.2 Å². The second-order valence-electron chi connectivity index (χ2n) is 15.2. The summed E-state index contributed by atoms with van der Waals surface area (Å²) in [4.78, 5) is 16.5. The Morgan fingerprint density at radius 3 is 2.42 bits per heavy atom. The molecular weight excluding hydrogens is 562 g/mol. The zero-order valence-electron chi connectivity index (χ0n) is 28.2. The lowest BCUT2D eigenvalue weighted by Gasteiger charge is -2.61. The lowest BCUT2D eigenvalue weighted by Crippen LogP contribution is -2.56. The van der Waals surface area contributed by atoms with Gasteiger partial charge in [-0.15, -0.1) is 0 Å². The molecule has 1 spiro atoms. The van der Waals surface area contributed by atoms with Gasteiger partial charge in [-0.1, -0.05) is 75.4 Å². The van der Waals surface area contributed by atoms with E-state index in [0.717, 1.165) is 56.3 Å². The topological polar surface area (TPSA) is 93.7 Å². The van der Waals surface area contributed by atoms with Crippen LogP contribution in [0.1, 0.15) is 57.2 Å². The Morgan fingerprint density at radius 2 is 1.76 bits per heavy atom. The number of hydroxylamine groups is 2. The van der Waals surface area contributed by atoms with Gasteiger partial charge in [0.15, 0.2) is 5.66 Å². The van der Waals surface area contributed by atoms with Crippen LogP contribution in [-0.2, 0) is 24.3 Å². The molecule has 2 aromatic rings. The largest absolute Gasteiger partial charge is 0.394 e. The van der Waals surface area contributed by atoms with Crippen LogP contribution in [0.4, 0.5) is 0 Å². The lowest BCUT2D eigenvalue weighted by molar-refractivity contribution is -0.181. The van der Waals surface area contributed by atoms with Crippen molar-refractivity contribution in [2.45, 2.75) is 84.0 Å². The minimum Gasteiger partial charge on any atom is -0.394 e. The zero-order valence-corrected chi connectivity index (χ0v) is 28.2. The number of nitrogens with zero attached hydrogens (tertiary/aromatic N) is 4. The molecule has 8 heteroatoms. The number of aliphatic hydroxyl groups is 2. The minimum atomic E-state index is -0.693. The molecule has 8 atom stereocenters. The van der Waals surface area contributed by atoms with Crippen LogP contribution in [0.3, 0.4) is 0 Å². The number of fused-ring (bicyclic) bond motifs is 2. The molecule has 0 aromatic heterocycles. The van der Waals surface area contributed by atoms with Crippen LogP contribution in [0.15, 0.2) is 59.6 Å². The van der Waals surface area contributed by atoms with Crippen LogP contribution in [0.5, 0.6) is 0 Å². The van der Waals surface area contributed by atoms with E-state index in [0.29, 0.717) is 23.8 Å². The maximum absolute atomic E-state index is 11.0. The third-order valence-corrected chi connectivity index (χ3v) is 11.6. The summed E-state index contributed by atoms with van der Waals surface area (Å²) in [5.41, 5.74) is 3.50. The van der Waals surface area contributed by atoms with E-state index in [1.165, 1.54) is 17.5 Å². The second-order valence-corrected chi connectivity index (χ2v) is 15.2. The van der Waals surface area contributed by atoms with Crippen LogP contribution >= 0.6 is 0 Å². The first-order valence-corrected chi connectivity index (χ1v) is 17.1. The second kappa shape index (κ2) is 13.1. The Bertz CT molecular complexity index is 1330. The summed E-state index contributed by atoms with van der Waals surface area (Å²) in [6.45, 7) is 13.3. The van der Waals surface area contributed by atoms with Crippen LogP contribution < -0.4 is 5.32 Å². The molecule has 2 heterocycles. The molecule has 2 saturated heterocycles. The summed E-state index contributed by atoms with van der Waals surface area (Å²) in [5.74, 6) is 2.56. The highest BCUT2D eigenvalue weighted by molar-refractivity contribution is 6.07. The maximum Gasteiger partial charge on any atom is 0.181 e. The van der Waals surface area contributed by atoms with Gasteiger partial charge in [0.2, 0.25) is 0 Å². The summed E-state index contributed by atoms with van der Waals surface area (Å²) in [6.07, 6.45) is 2.30. The van der Waals surface area contributed by atoms with Gasteiger partial charge in [0.05, 0.1) is 31.2 Å². The van der Waals surface area contributed by atoms with E-state index in [2.05, 4.69) is 105 Å². The highest BCUT2D eigenvalue weighted by Crippen LogP contribution is 2.62. The molecule has 3 aliphatic carbocycles. The van der Waals surface area contributed by atoms with E-state index in [9.17, 15) is 10.2 Å². The van der Waals surface area contributed by atoms with Gasteiger partial charge < -0.3 is 20.4 Å². The summed E-state index contributed by atoms with van der Waals surface area (Å²) in [5, 5.41) is 26.8. The maximum atomic E-state index is 11.0. The third kappa shape index (κ3) is 6.47. The first-order valence-electron chi connectivity index (χ1n) is 17.1. The van der Waals surface area contributed by atoms with Gasteiger partial charge in [0, 0.05) is 26.2 Å². The predicted octanol–water partition coefficient (Wildman–Crippen LogP) is 4.17. The quantitative estimate of drug-likeness (QED) is 0.291. The van der Waals surface area contributed by atoms with Crippen molar-refractivity contribution in [2.24, 2.45) is 34.1 Å². The molecule has 45 heavy (non-hydrogen) atoms. The van der Waals surface area contributed by atoms with Crippen LogP contribution in [0.2, 0.25) is 0 Å². The van der Waals surface area contributed by atoms with Crippen LogP contribution in [0.25, 0.3) is 0 Å². The van der Waals surface area contributed by atoms with Crippen LogP contribution in [-0.4, -0.2) is 95.2 Å². The van der Waals surface area contributed by atoms with Crippen molar-refractivity contribution in [2.75, 3.05) is 40.3 Å². The molecule has 8 nitrogen and oxygen atoms in total. The Kier molecular flexibility index (Phi) is 9.46. The normalized spacial score (nSPS) is 33.5. The molecule has 2 aromatic carbocycles. The Labute approximate surface area is 270 Å². The zero-order chi connectivity index (χ0) is 31.9. The first kappa shape index (κ1) is 32.6. The van der Waals surface area contributed by atoms with Gasteiger partial charge in [-0.3, -0.25) is 14.7 Å². The van der Waals surface area contributed by atoms with E-state index in [1.807, 2.05) is 5.06 Å². The summed E-state index contributed by atoms with van der Waals surface area (Å²) in [7, 11) is 4.26. The molecule has 2 aliphatic heterocycles. The number of likely N-dealkylation sites (N-methyl/N-ethyl adjacent to an activating group) is 1. The molecule has 3 saturated carbocycles. The predicted molar refractivity (Wildman–Crippen MR) is 179 cm³/mol. The van der Waals surface area contributed by atoms with Gasteiger partial charge >= 0.3 is 0 Å². The van der Waals surface area contributed by atoms with Gasteiger partial charge in [-0.05, 0) is 80.1 Å². The van der Waals surface area contributed by atoms with Crippen molar-refractivity contribution >= 4 is 5.84 Å². The minimum absolute atomic E-state index is 0.150. The molecule has 0 radical (unpaired) electrons. The Hall–Kier alpha value is -2.33. The molecule has 3 N–H and O–H groups in total. The molecule has 2 bridgehead atoms. The highest BCUT2D eigenvalue weighted by atomic mass is 16.7. The van der Waals surface area contributed by atoms with Gasteiger partial charge in [0.1, 0.15) is 11.9 Å². The molecule has 0 unspecified atom stereocenters. The number of nitrogens with one attached hydrogen (secondary N) is 1. The number of aliphatic imine (C=N–C) groups is 1. The third-order valence-electron chi connectivity index (χ3n) is 11.6. The number of amidine groups is 1.